The van der Waals surface area contributed by atoms with Crippen molar-refractivity contribution >= 4 is 17.4 Å². The van der Waals surface area contributed by atoms with Gasteiger partial charge < -0.3 is 4.74 Å². The van der Waals surface area contributed by atoms with E-state index < -0.39 is 0 Å². The second-order valence-electron chi connectivity index (χ2n) is 4.26. The summed E-state index contributed by atoms with van der Waals surface area (Å²) in [6.45, 7) is 1.71. The van der Waals surface area contributed by atoms with Gasteiger partial charge in [-0.15, -0.1) is 0 Å². The minimum absolute atomic E-state index is 0.108. The van der Waals surface area contributed by atoms with E-state index >= 15 is 0 Å². The van der Waals surface area contributed by atoms with Crippen molar-refractivity contribution in [1.29, 1.82) is 5.26 Å². The van der Waals surface area contributed by atoms with Gasteiger partial charge in [-0.05, 0) is 31.2 Å². The van der Waals surface area contributed by atoms with Gasteiger partial charge in [0.15, 0.2) is 5.78 Å². The van der Waals surface area contributed by atoms with E-state index in [2.05, 4.69) is 0 Å². The lowest BCUT2D eigenvalue weighted by atomic mass is 10.1. The lowest BCUT2D eigenvalue weighted by molar-refractivity contribution is 0.101. The van der Waals surface area contributed by atoms with Crippen LogP contribution in [-0.4, -0.2) is 5.78 Å². The fourth-order valence-corrected chi connectivity index (χ4v) is 1.96. The fourth-order valence-electron chi connectivity index (χ4n) is 1.77. The number of halogens is 1. The maximum atomic E-state index is 11.6. The van der Waals surface area contributed by atoms with Crippen molar-refractivity contribution in [3.05, 3.63) is 64.2 Å². The van der Waals surface area contributed by atoms with Gasteiger partial charge in [-0.1, -0.05) is 29.8 Å². The smallest absolute Gasteiger partial charge is 0.163 e. The number of nitriles is 1. The number of Topliss-reactive ketones (excluding diaryl/α,β-unsaturated/α-hetero) is 1. The highest BCUT2D eigenvalue weighted by Crippen LogP contribution is 2.23. The van der Waals surface area contributed by atoms with Crippen LogP contribution >= 0.6 is 11.6 Å². The minimum atomic E-state index is -0.108. The van der Waals surface area contributed by atoms with Gasteiger partial charge in [-0.2, -0.15) is 5.26 Å². The zero-order valence-corrected chi connectivity index (χ0v) is 11.6. The average molecular weight is 286 g/mol. The van der Waals surface area contributed by atoms with E-state index in [4.69, 9.17) is 21.6 Å². The first-order valence-electron chi connectivity index (χ1n) is 6.03. The highest BCUT2D eigenvalue weighted by molar-refractivity contribution is 6.31. The molecule has 4 heteroatoms. The van der Waals surface area contributed by atoms with E-state index in [9.17, 15) is 4.79 Å². The molecule has 0 aliphatic carbocycles. The number of rotatable bonds is 4. The summed E-state index contributed by atoms with van der Waals surface area (Å²) in [4.78, 5) is 11.6. The number of ether oxygens (including phenoxy) is 1. The molecule has 0 bridgehead atoms. The number of benzene rings is 2. The van der Waals surface area contributed by atoms with Crippen molar-refractivity contribution in [2.75, 3.05) is 0 Å². The van der Waals surface area contributed by atoms with E-state index in [0.717, 1.165) is 5.56 Å². The molecule has 0 saturated carbocycles. The zero-order valence-electron chi connectivity index (χ0n) is 10.9. The van der Waals surface area contributed by atoms with Gasteiger partial charge in [0.1, 0.15) is 12.4 Å². The van der Waals surface area contributed by atoms with Crippen molar-refractivity contribution in [1.82, 2.24) is 0 Å². The summed E-state index contributed by atoms with van der Waals surface area (Å²) in [5.74, 6) is 0.292. The van der Waals surface area contributed by atoms with Gasteiger partial charge in [-0.3, -0.25) is 4.79 Å². The van der Waals surface area contributed by atoms with Crippen molar-refractivity contribution in [3.63, 3.8) is 0 Å². The molecule has 0 heterocycles. The predicted octanol–water partition coefficient (Wildman–Crippen LogP) is 3.99. The molecule has 0 saturated heterocycles. The molecule has 0 aliphatic rings. The second kappa shape index (κ2) is 6.23. The largest absolute Gasteiger partial charge is 0.488 e. The molecule has 0 aromatic heterocycles. The van der Waals surface area contributed by atoms with Crippen LogP contribution in [0.25, 0.3) is 0 Å². The van der Waals surface area contributed by atoms with Crippen LogP contribution in [0.4, 0.5) is 0 Å². The van der Waals surface area contributed by atoms with E-state index in [0.29, 0.717) is 21.9 Å². The van der Waals surface area contributed by atoms with Gasteiger partial charge >= 0.3 is 0 Å². The Morgan fingerprint density at radius 3 is 2.70 bits per heavy atom. The normalized spacial score (nSPS) is 9.85. The number of ketones is 1. The molecule has 100 valence electrons. The van der Waals surface area contributed by atoms with Crippen molar-refractivity contribution in [3.8, 4) is 11.8 Å². The maximum absolute atomic E-state index is 11.6. The molecule has 2 aromatic carbocycles. The topological polar surface area (TPSA) is 50.1 Å². The third kappa shape index (κ3) is 3.17. The summed E-state index contributed by atoms with van der Waals surface area (Å²) >= 11 is 6.05. The summed E-state index contributed by atoms with van der Waals surface area (Å²) in [6.07, 6.45) is 0. The molecule has 2 rings (SSSR count). The van der Waals surface area contributed by atoms with E-state index in [1.807, 2.05) is 24.3 Å². The van der Waals surface area contributed by atoms with Gasteiger partial charge in [0.25, 0.3) is 0 Å². The first kappa shape index (κ1) is 14.1. The molecule has 2 aromatic rings. The number of hydrogen-bond acceptors (Lipinski definition) is 3. The van der Waals surface area contributed by atoms with E-state index in [1.165, 1.54) is 6.92 Å². The second-order valence-corrected chi connectivity index (χ2v) is 4.67. The molecular formula is C16H12ClNO2. The van der Waals surface area contributed by atoms with Crippen LogP contribution in [0, 0.1) is 11.3 Å². The summed E-state index contributed by atoms with van der Waals surface area (Å²) in [6, 6.07) is 14.1. The van der Waals surface area contributed by atoms with Gasteiger partial charge in [0, 0.05) is 10.6 Å². The van der Waals surface area contributed by atoms with Crippen LogP contribution in [0.1, 0.15) is 28.4 Å². The molecular weight excluding hydrogens is 274 g/mol. The highest BCUT2D eigenvalue weighted by Gasteiger charge is 2.10. The lowest BCUT2D eigenvalue weighted by Gasteiger charge is -2.11. The van der Waals surface area contributed by atoms with Crippen molar-refractivity contribution in [2.24, 2.45) is 0 Å². The number of carbonyl (C=O) groups excluding carboxylic acids is 1. The van der Waals surface area contributed by atoms with Crippen LogP contribution in [-0.2, 0) is 6.61 Å². The lowest BCUT2D eigenvalue weighted by Crippen LogP contribution is -2.02. The highest BCUT2D eigenvalue weighted by atomic mass is 35.5. The van der Waals surface area contributed by atoms with Crippen molar-refractivity contribution in [2.45, 2.75) is 13.5 Å². The van der Waals surface area contributed by atoms with Crippen LogP contribution < -0.4 is 4.74 Å². The fraction of sp³-hybridized carbons (Fsp3) is 0.125. The SMILES string of the molecule is CC(=O)c1ccc(C#N)cc1OCc1ccccc1Cl. The first-order chi connectivity index (χ1) is 9.61. The Morgan fingerprint density at radius 1 is 1.30 bits per heavy atom. The molecule has 0 unspecified atom stereocenters. The molecule has 0 N–H and O–H groups in total. The van der Waals surface area contributed by atoms with Gasteiger partial charge in [0.2, 0.25) is 0 Å². The quantitative estimate of drug-likeness (QED) is 0.798. The first-order valence-corrected chi connectivity index (χ1v) is 6.41. The maximum Gasteiger partial charge on any atom is 0.163 e. The number of carbonyl (C=O) groups is 1. The molecule has 0 amide bonds. The minimum Gasteiger partial charge on any atom is -0.488 e. The third-order valence-electron chi connectivity index (χ3n) is 2.83. The van der Waals surface area contributed by atoms with Crippen molar-refractivity contribution < 1.29 is 9.53 Å². The molecule has 0 radical (unpaired) electrons. The third-order valence-corrected chi connectivity index (χ3v) is 3.20. The Hall–Kier alpha value is -2.31. The summed E-state index contributed by atoms with van der Waals surface area (Å²) in [5.41, 5.74) is 1.73. The molecule has 20 heavy (non-hydrogen) atoms. The summed E-state index contributed by atoms with van der Waals surface area (Å²) < 4.78 is 5.65. The van der Waals surface area contributed by atoms with Gasteiger partial charge in [0.05, 0.1) is 17.2 Å². The van der Waals surface area contributed by atoms with Crippen LogP contribution in [0.2, 0.25) is 5.02 Å². The Kier molecular flexibility index (Phi) is 4.39. The number of nitrogens with zero attached hydrogens (tertiary/aromatic N) is 1. The summed E-state index contributed by atoms with van der Waals surface area (Å²) in [5, 5.41) is 9.51. The zero-order chi connectivity index (χ0) is 14.5. The van der Waals surface area contributed by atoms with Gasteiger partial charge in [-0.25, -0.2) is 0 Å². The summed E-state index contributed by atoms with van der Waals surface area (Å²) in [7, 11) is 0. The van der Waals surface area contributed by atoms with E-state index in [-0.39, 0.29) is 12.4 Å². The molecule has 0 spiro atoms. The average Bonchev–Trinajstić information content (AvgIpc) is 2.46. The van der Waals surface area contributed by atoms with Crippen LogP contribution in [0.5, 0.6) is 5.75 Å². The molecule has 0 atom stereocenters. The van der Waals surface area contributed by atoms with Crippen LogP contribution in [0.15, 0.2) is 42.5 Å². The predicted molar refractivity (Wildman–Crippen MR) is 76.9 cm³/mol. The Balaban J connectivity index is 2.26. The Bertz CT molecular complexity index is 689. The number of hydrogen-bond donors (Lipinski definition) is 0. The molecule has 0 fully saturated rings. The monoisotopic (exact) mass is 285 g/mol. The molecule has 0 aliphatic heterocycles. The Morgan fingerprint density at radius 2 is 2.05 bits per heavy atom. The standard InChI is InChI=1S/C16H12ClNO2/c1-11(19)14-7-6-12(9-18)8-16(14)20-10-13-4-2-3-5-15(13)17/h2-8H,10H2,1H3. The van der Waals surface area contributed by atoms with Crippen LogP contribution in [0.3, 0.4) is 0 Å². The Labute approximate surface area is 122 Å². The molecule has 3 nitrogen and oxygen atoms in total. The van der Waals surface area contributed by atoms with E-state index in [1.54, 1.807) is 24.3 Å².